The molecule has 0 aromatic rings. The lowest BCUT2D eigenvalue weighted by Crippen LogP contribution is -2.56. The SMILES string of the molecule is CC(C)(CCCO)NC(C)(C)C(=O)O. The van der Waals surface area contributed by atoms with Gasteiger partial charge in [0.25, 0.3) is 0 Å². The zero-order valence-electron chi connectivity index (χ0n) is 9.42. The van der Waals surface area contributed by atoms with Gasteiger partial charge in [0.05, 0.1) is 0 Å². The van der Waals surface area contributed by atoms with Crippen LogP contribution in [0.15, 0.2) is 0 Å². The van der Waals surface area contributed by atoms with Crippen molar-refractivity contribution in [2.24, 2.45) is 0 Å². The van der Waals surface area contributed by atoms with Crippen LogP contribution in [0.4, 0.5) is 0 Å². The third kappa shape index (κ3) is 4.58. The van der Waals surface area contributed by atoms with E-state index < -0.39 is 11.5 Å². The number of aliphatic hydroxyl groups excluding tert-OH is 1. The maximum atomic E-state index is 10.9. The highest BCUT2D eigenvalue weighted by Crippen LogP contribution is 2.16. The summed E-state index contributed by atoms with van der Waals surface area (Å²) in [6.07, 6.45) is 1.43. The molecule has 4 nitrogen and oxygen atoms in total. The van der Waals surface area contributed by atoms with Crippen molar-refractivity contribution >= 4 is 5.97 Å². The van der Waals surface area contributed by atoms with Crippen molar-refractivity contribution < 1.29 is 15.0 Å². The molecule has 0 saturated carbocycles. The summed E-state index contributed by atoms with van der Waals surface area (Å²) in [7, 11) is 0. The number of carboxylic acids is 1. The summed E-state index contributed by atoms with van der Waals surface area (Å²) in [4.78, 5) is 10.9. The van der Waals surface area contributed by atoms with E-state index in [9.17, 15) is 4.79 Å². The smallest absolute Gasteiger partial charge is 0.323 e. The van der Waals surface area contributed by atoms with Crippen LogP contribution >= 0.6 is 0 Å². The first-order valence-corrected chi connectivity index (χ1v) is 4.85. The summed E-state index contributed by atoms with van der Waals surface area (Å²) < 4.78 is 0. The molecule has 84 valence electrons. The second-order valence-electron chi connectivity index (χ2n) is 4.77. The molecule has 0 rings (SSSR count). The van der Waals surface area contributed by atoms with Crippen LogP contribution in [0.25, 0.3) is 0 Å². The lowest BCUT2D eigenvalue weighted by atomic mass is 9.93. The van der Waals surface area contributed by atoms with Gasteiger partial charge >= 0.3 is 5.97 Å². The van der Waals surface area contributed by atoms with Gasteiger partial charge in [-0.25, -0.2) is 0 Å². The van der Waals surface area contributed by atoms with Gasteiger partial charge in [-0.1, -0.05) is 0 Å². The number of carboxylic acid groups (broad SMARTS) is 1. The van der Waals surface area contributed by atoms with E-state index in [0.717, 1.165) is 6.42 Å². The number of hydrogen-bond donors (Lipinski definition) is 3. The van der Waals surface area contributed by atoms with Crippen molar-refractivity contribution in [3.63, 3.8) is 0 Å². The number of rotatable bonds is 6. The Morgan fingerprint density at radius 1 is 1.29 bits per heavy atom. The molecule has 14 heavy (non-hydrogen) atoms. The van der Waals surface area contributed by atoms with Crippen molar-refractivity contribution in [2.45, 2.75) is 51.6 Å². The van der Waals surface area contributed by atoms with Gasteiger partial charge in [0, 0.05) is 12.1 Å². The van der Waals surface area contributed by atoms with E-state index in [4.69, 9.17) is 10.2 Å². The molecule has 0 unspecified atom stereocenters. The summed E-state index contributed by atoms with van der Waals surface area (Å²) in [5, 5.41) is 20.7. The van der Waals surface area contributed by atoms with Gasteiger partial charge in [0.15, 0.2) is 0 Å². The first-order valence-electron chi connectivity index (χ1n) is 4.85. The number of carbonyl (C=O) groups is 1. The van der Waals surface area contributed by atoms with E-state index in [0.29, 0.717) is 6.42 Å². The standard InChI is InChI=1S/C10H21NO3/c1-9(2,6-5-7-12)11-10(3,4)8(13)14/h11-12H,5-7H2,1-4H3,(H,13,14). The minimum Gasteiger partial charge on any atom is -0.480 e. The van der Waals surface area contributed by atoms with Crippen molar-refractivity contribution in [1.29, 1.82) is 0 Å². The molecule has 0 radical (unpaired) electrons. The molecule has 0 amide bonds. The number of nitrogens with one attached hydrogen (secondary N) is 1. The highest BCUT2D eigenvalue weighted by molar-refractivity contribution is 5.77. The Morgan fingerprint density at radius 2 is 1.79 bits per heavy atom. The van der Waals surface area contributed by atoms with Crippen LogP contribution in [0.3, 0.4) is 0 Å². The van der Waals surface area contributed by atoms with E-state index in [1.807, 2.05) is 13.8 Å². The molecule has 0 saturated heterocycles. The fourth-order valence-corrected chi connectivity index (χ4v) is 1.48. The average Bonchev–Trinajstić information content (AvgIpc) is 1.99. The molecule has 0 spiro atoms. The molecule has 0 aliphatic heterocycles. The molecule has 0 bridgehead atoms. The van der Waals surface area contributed by atoms with Gasteiger partial charge < -0.3 is 10.2 Å². The first-order chi connectivity index (χ1) is 6.21. The molecular formula is C10H21NO3. The molecule has 0 aromatic carbocycles. The number of hydrogen-bond acceptors (Lipinski definition) is 3. The zero-order chi connectivity index (χ0) is 11.4. The summed E-state index contributed by atoms with van der Waals surface area (Å²) >= 11 is 0. The lowest BCUT2D eigenvalue weighted by molar-refractivity contribution is -0.144. The Balaban J connectivity index is 4.26. The Labute approximate surface area is 85.3 Å². The predicted molar refractivity (Wildman–Crippen MR) is 55.2 cm³/mol. The van der Waals surface area contributed by atoms with Gasteiger partial charge in [-0.05, 0) is 40.5 Å². The van der Waals surface area contributed by atoms with E-state index in [-0.39, 0.29) is 12.1 Å². The minimum absolute atomic E-state index is 0.138. The second kappa shape index (κ2) is 4.75. The lowest BCUT2D eigenvalue weighted by Gasteiger charge is -2.34. The first kappa shape index (κ1) is 13.4. The third-order valence-electron chi connectivity index (χ3n) is 2.15. The summed E-state index contributed by atoms with van der Waals surface area (Å²) in [5.41, 5.74) is -1.20. The van der Waals surface area contributed by atoms with E-state index in [1.165, 1.54) is 0 Å². The third-order valence-corrected chi connectivity index (χ3v) is 2.15. The van der Waals surface area contributed by atoms with Crippen LogP contribution in [0.2, 0.25) is 0 Å². The van der Waals surface area contributed by atoms with Crippen molar-refractivity contribution in [3.8, 4) is 0 Å². The minimum atomic E-state index is -0.932. The summed E-state index contributed by atoms with van der Waals surface area (Å²) in [5.74, 6) is -0.866. The van der Waals surface area contributed by atoms with Crippen molar-refractivity contribution in [2.75, 3.05) is 6.61 Å². The average molecular weight is 203 g/mol. The predicted octanol–water partition coefficient (Wildman–Crippen LogP) is 0.990. The van der Waals surface area contributed by atoms with Crippen LogP contribution in [-0.4, -0.2) is 33.9 Å². The van der Waals surface area contributed by atoms with Gasteiger partial charge in [0.2, 0.25) is 0 Å². The highest BCUT2D eigenvalue weighted by atomic mass is 16.4. The highest BCUT2D eigenvalue weighted by Gasteiger charge is 2.32. The zero-order valence-corrected chi connectivity index (χ0v) is 9.42. The van der Waals surface area contributed by atoms with Gasteiger partial charge in [-0.2, -0.15) is 0 Å². The Morgan fingerprint density at radius 3 is 2.14 bits per heavy atom. The maximum absolute atomic E-state index is 10.9. The Bertz CT molecular complexity index is 200. The Hall–Kier alpha value is -0.610. The normalized spacial score (nSPS) is 12.9. The van der Waals surface area contributed by atoms with Crippen LogP contribution in [0.5, 0.6) is 0 Å². The summed E-state index contributed by atoms with van der Waals surface area (Å²) in [6, 6.07) is 0. The topological polar surface area (TPSA) is 69.6 Å². The molecule has 3 N–H and O–H groups in total. The van der Waals surface area contributed by atoms with Crippen molar-refractivity contribution in [1.82, 2.24) is 5.32 Å². The van der Waals surface area contributed by atoms with Crippen LogP contribution < -0.4 is 5.32 Å². The van der Waals surface area contributed by atoms with Crippen LogP contribution in [0.1, 0.15) is 40.5 Å². The van der Waals surface area contributed by atoms with E-state index >= 15 is 0 Å². The van der Waals surface area contributed by atoms with E-state index in [2.05, 4.69) is 5.32 Å². The molecule has 0 aliphatic rings. The monoisotopic (exact) mass is 203 g/mol. The Kier molecular flexibility index (Phi) is 4.55. The van der Waals surface area contributed by atoms with Crippen LogP contribution in [0, 0.1) is 0 Å². The van der Waals surface area contributed by atoms with Crippen molar-refractivity contribution in [3.05, 3.63) is 0 Å². The molecule has 0 atom stereocenters. The molecular weight excluding hydrogens is 182 g/mol. The fraction of sp³-hybridized carbons (Fsp3) is 0.900. The molecule has 0 aromatic heterocycles. The molecule has 0 fully saturated rings. The maximum Gasteiger partial charge on any atom is 0.323 e. The molecule has 4 heteroatoms. The van der Waals surface area contributed by atoms with Crippen LogP contribution in [-0.2, 0) is 4.79 Å². The fourth-order valence-electron chi connectivity index (χ4n) is 1.48. The van der Waals surface area contributed by atoms with E-state index in [1.54, 1.807) is 13.8 Å². The number of aliphatic carboxylic acids is 1. The van der Waals surface area contributed by atoms with Gasteiger partial charge in [-0.15, -0.1) is 0 Å². The second-order valence-corrected chi connectivity index (χ2v) is 4.77. The van der Waals surface area contributed by atoms with Gasteiger partial charge in [-0.3, -0.25) is 10.1 Å². The van der Waals surface area contributed by atoms with Gasteiger partial charge in [0.1, 0.15) is 5.54 Å². The quantitative estimate of drug-likeness (QED) is 0.602. The summed E-state index contributed by atoms with van der Waals surface area (Å²) in [6.45, 7) is 7.28. The molecule has 0 heterocycles. The largest absolute Gasteiger partial charge is 0.480 e. The molecule has 0 aliphatic carbocycles. The number of aliphatic hydroxyl groups is 1.